The van der Waals surface area contributed by atoms with E-state index in [-0.39, 0.29) is 17.3 Å². The van der Waals surface area contributed by atoms with Gasteiger partial charge in [0.15, 0.2) is 5.13 Å². The summed E-state index contributed by atoms with van der Waals surface area (Å²) in [5.74, 6) is 0.223. The predicted octanol–water partition coefficient (Wildman–Crippen LogP) is 2.09. The lowest BCUT2D eigenvalue weighted by molar-refractivity contribution is -0.383. The van der Waals surface area contributed by atoms with Crippen molar-refractivity contribution in [3.63, 3.8) is 0 Å². The van der Waals surface area contributed by atoms with Crippen LogP contribution in [-0.4, -0.2) is 39.0 Å². The highest BCUT2D eigenvalue weighted by Gasteiger charge is 2.24. The molecule has 0 spiro atoms. The molecule has 112 valence electrons. The number of nitrogens with zero attached hydrogens (tertiary/aromatic N) is 5. The number of thiazole rings is 1. The van der Waals surface area contributed by atoms with Crippen LogP contribution in [-0.2, 0) is 0 Å². The smallest absolute Gasteiger partial charge is 0.310 e. The Bertz CT molecular complexity index is 651. The van der Waals surface area contributed by atoms with Crippen molar-refractivity contribution in [3.8, 4) is 0 Å². The molecule has 0 saturated carbocycles. The van der Waals surface area contributed by atoms with E-state index in [4.69, 9.17) is 0 Å². The highest BCUT2D eigenvalue weighted by molar-refractivity contribution is 7.15. The third-order valence-electron chi connectivity index (χ3n) is 2.59. The maximum Gasteiger partial charge on any atom is 0.354 e. The van der Waals surface area contributed by atoms with Gasteiger partial charge < -0.3 is 5.32 Å². The fourth-order valence-corrected chi connectivity index (χ4v) is 2.38. The minimum Gasteiger partial charge on any atom is -0.310 e. The van der Waals surface area contributed by atoms with Crippen LogP contribution in [0.1, 0.15) is 10.6 Å². The molecule has 0 amide bonds. The van der Waals surface area contributed by atoms with Gasteiger partial charge in [-0.1, -0.05) is 0 Å². The molecule has 2 N–H and O–H groups in total. The van der Waals surface area contributed by atoms with Crippen molar-refractivity contribution in [2.45, 2.75) is 13.8 Å². The number of nitro groups is 1. The van der Waals surface area contributed by atoms with Gasteiger partial charge >= 0.3 is 5.69 Å². The van der Waals surface area contributed by atoms with E-state index >= 15 is 0 Å². The molecule has 0 atom stereocenters. The fraction of sp³-hybridized carbons (Fsp3) is 0.364. The van der Waals surface area contributed by atoms with Crippen LogP contribution in [0.4, 0.5) is 22.5 Å². The normalized spacial score (nSPS) is 10.7. The monoisotopic (exact) mass is 309 g/mol. The van der Waals surface area contributed by atoms with Gasteiger partial charge in [-0.15, -0.1) is 11.3 Å². The van der Waals surface area contributed by atoms with Crippen LogP contribution in [0, 0.1) is 24.0 Å². The Labute approximate surface area is 125 Å². The molecule has 0 bridgehead atoms. The largest absolute Gasteiger partial charge is 0.354 e. The molecule has 0 aliphatic rings. The topological polar surface area (TPSA) is 109 Å². The first kappa shape index (κ1) is 15.1. The summed E-state index contributed by atoms with van der Waals surface area (Å²) in [5.41, 5.74) is 3.44. The van der Waals surface area contributed by atoms with Gasteiger partial charge in [-0.2, -0.15) is 0 Å². The minimum atomic E-state index is -0.526. The minimum absolute atomic E-state index is 0.105. The predicted molar refractivity (Wildman–Crippen MR) is 80.9 cm³/mol. The number of nitrogens with one attached hydrogen (secondary N) is 2. The standard InChI is InChI=1S/C11H15N7O2S/c1-6-7(2)21-11(14-6)15-9-8(18(19)20)10(13-5-12-9)16-17(3)4/h5H,1-4H3,(H2,12,13,14,15,16). The molecule has 0 aliphatic heterocycles. The van der Waals surface area contributed by atoms with Gasteiger partial charge in [0.05, 0.1) is 10.6 Å². The highest BCUT2D eigenvalue weighted by Crippen LogP contribution is 2.32. The van der Waals surface area contributed by atoms with Crippen molar-refractivity contribution in [2.75, 3.05) is 24.8 Å². The molecule has 0 fully saturated rings. The van der Waals surface area contributed by atoms with Crippen molar-refractivity contribution < 1.29 is 4.92 Å². The second kappa shape index (κ2) is 5.97. The summed E-state index contributed by atoms with van der Waals surface area (Å²) in [6, 6.07) is 0. The Balaban J connectivity index is 2.40. The SMILES string of the molecule is Cc1nc(Nc2ncnc(NN(C)C)c2[N+](=O)[O-])sc1C. The molecule has 2 rings (SSSR count). The fourth-order valence-electron chi connectivity index (χ4n) is 1.56. The van der Waals surface area contributed by atoms with Crippen molar-refractivity contribution in [3.05, 3.63) is 27.0 Å². The molecular weight excluding hydrogens is 294 g/mol. The lowest BCUT2D eigenvalue weighted by Gasteiger charge is -2.13. The first-order valence-corrected chi connectivity index (χ1v) is 6.84. The molecule has 0 saturated heterocycles. The quantitative estimate of drug-likeness (QED) is 0.638. The summed E-state index contributed by atoms with van der Waals surface area (Å²) in [7, 11) is 3.43. The molecule has 0 aliphatic carbocycles. The van der Waals surface area contributed by atoms with E-state index in [2.05, 4.69) is 25.7 Å². The zero-order valence-corrected chi connectivity index (χ0v) is 12.9. The second-order valence-electron chi connectivity index (χ2n) is 4.47. The van der Waals surface area contributed by atoms with Crippen LogP contribution in [0.25, 0.3) is 0 Å². The number of hydrogen-bond donors (Lipinski definition) is 2. The molecule has 0 aromatic carbocycles. The van der Waals surface area contributed by atoms with Crippen molar-refractivity contribution in [1.29, 1.82) is 0 Å². The van der Waals surface area contributed by atoms with Crippen LogP contribution in [0.3, 0.4) is 0 Å². The summed E-state index contributed by atoms with van der Waals surface area (Å²) in [6.45, 7) is 3.82. The average molecular weight is 309 g/mol. The third-order valence-corrected chi connectivity index (χ3v) is 3.58. The van der Waals surface area contributed by atoms with E-state index in [0.717, 1.165) is 10.6 Å². The first-order chi connectivity index (χ1) is 9.88. The second-order valence-corrected chi connectivity index (χ2v) is 5.67. The lowest BCUT2D eigenvalue weighted by Crippen LogP contribution is -2.21. The summed E-state index contributed by atoms with van der Waals surface area (Å²) < 4.78 is 0. The summed E-state index contributed by atoms with van der Waals surface area (Å²) >= 11 is 1.41. The van der Waals surface area contributed by atoms with Gasteiger partial charge in [-0.05, 0) is 13.8 Å². The van der Waals surface area contributed by atoms with E-state index in [1.807, 2.05) is 13.8 Å². The first-order valence-electron chi connectivity index (χ1n) is 6.03. The number of hydrogen-bond acceptors (Lipinski definition) is 9. The average Bonchev–Trinajstić information content (AvgIpc) is 2.67. The zero-order valence-electron chi connectivity index (χ0n) is 12.0. The summed E-state index contributed by atoms with van der Waals surface area (Å²) in [5, 5.41) is 16.3. The Morgan fingerprint density at radius 3 is 2.48 bits per heavy atom. The summed E-state index contributed by atoms with van der Waals surface area (Å²) in [6.07, 6.45) is 1.26. The van der Waals surface area contributed by atoms with E-state index in [1.165, 1.54) is 17.7 Å². The molecule has 21 heavy (non-hydrogen) atoms. The number of aryl methyl sites for hydroxylation is 2. The Hall–Kier alpha value is -2.33. The molecule has 2 aromatic rings. The molecule has 2 heterocycles. The van der Waals surface area contributed by atoms with E-state index in [0.29, 0.717) is 5.13 Å². The Morgan fingerprint density at radius 1 is 1.29 bits per heavy atom. The van der Waals surface area contributed by atoms with Gasteiger partial charge in [-0.3, -0.25) is 15.5 Å². The maximum atomic E-state index is 11.3. The van der Waals surface area contributed by atoms with E-state index < -0.39 is 4.92 Å². The molecule has 0 unspecified atom stereocenters. The van der Waals surface area contributed by atoms with Crippen LogP contribution >= 0.6 is 11.3 Å². The number of rotatable bonds is 5. The number of aromatic nitrogens is 3. The Morgan fingerprint density at radius 2 is 1.95 bits per heavy atom. The zero-order chi connectivity index (χ0) is 15.6. The van der Waals surface area contributed by atoms with E-state index in [1.54, 1.807) is 19.1 Å². The van der Waals surface area contributed by atoms with Gasteiger partial charge in [-0.25, -0.2) is 20.0 Å². The van der Waals surface area contributed by atoms with Crippen LogP contribution in [0.15, 0.2) is 6.33 Å². The maximum absolute atomic E-state index is 11.3. The molecule has 10 heteroatoms. The Kier molecular flexibility index (Phi) is 4.29. The number of anilines is 3. The van der Waals surface area contributed by atoms with Gasteiger partial charge in [0, 0.05) is 19.0 Å². The van der Waals surface area contributed by atoms with Gasteiger partial charge in [0.25, 0.3) is 0 Å². The van der Waals surface area contributed by atoms with Crippen LogP contribution in [0.2, 0.25) is 0 Å². The number of hydrazine groups is 1. The highest BCUT2D eigenvalue weighted by atomic mass is 32.1. The van der Waals surface area contributed by atoms with Gasteiger partial charge in [0.1, 0.15) is 6.33 Å². The molecule has 2 aromatic heterocycles. The van der Waals surface area contributed by atoms with Gasteiger partial charge in [0.2, 0.25) is 11.6 Å². The van der Waals surface area contributed by atoms with Crippen molar-refractivity contribution in [1.82, 2.24) is 20.0 Å². The third kappa shape index (κ3) is 3.41. The van der Waals surface area contributed by atoms with Crippen LogP contribution < -0.4 is 10.7 Å². The van der Waals surface area contributed by atoms with Crippen molar-refractivity contribution >= 4 is 33.8 Å². The van der Waals surface area contributed by atoms with E-state index in [9.17, 15) is 10.1 Å². The van der Waals surface area contributed by atoms with Crippen LogP contribution in [0.5, 0.6) is 0 Å². The lowest BCUT2D eigenvalue weighted by atomic mass is 10.4. The van der Waals surface area contributed by atoms with Crippen molar-refractivity contribution in [2.24, 2.45) is 0 Å². The summed E-state index contributed by atoms with van der Waals surface area (Å²) in [4.78, 5) is 24.0. The molecule has 9 nitrogen and oxygen atoms in total. The molecular formula is C11H15N7O2S. The molecule has 0 radical (unpaired) electrons.